The topological polar surface area (TPSA) is 42.4 Å². The van der Waals surface area contributed by atoms with Crippen molar-refractivity contribution in [1.29, 1.82) is 0 Å². The molecular formula is C15H19NO2S. The van der Waals surface area contributed by atoms with Gasteiger partial charge in [0.1, 0.15) is 11.9 Å². The van der Waals surface area contributed by atoms with Gasteiger partial charge in [0.05, 0.1) is 21.7 Å². The fraction of sp³-hybridized carbons (Fsp3) is 0.400. The van der Waals surface area contributed by atoms with Crippen LogP contribution in [0.1, 0.15) is 41.1 Å². The fourth-order valence-corrected chi connectivity index (χ4v) is 2.92. The summed E-state index contributed by atoms with van der Waals surface area (Å²) < 4.78 is 5.65. The first-order valence-corrected chi connectivity index (χ1v) is 7.17. The zero-order valence-electron chi connectivity index (χ0n) is 11.7. The highest BCUT2D eigenvalue weighted by atomic mass is 32.1. The Kier molecular flexibility index (Phi) is 4.22. The van der Waals surface area contributed by atoms with Crippen molar-refractivity contribution in [3.05, 3.63) is 45.4 Å². The van der Waals surface area contributed by atoms with E-state index in [1.165, 1.54) is 11.3 Å². The minimum absolute atomic E-state index is 0.125. The summed E-state index contributed by atoms with van der Waals surface area (Å²) >= 11 is 1.54. The normalized spacial score (nSPS) is 12.7. The van der Waals surface area contributed by atoms with E-state index < -0.39 is 6.10 Å². The molecule has 0 aliphatic carbocycles. The van der Waals surface area contributed by atoms with Gasteiger partial charge in [-0.3, -0.25) is 0 Å². The number of aliphatic hydroxyl groups excluding tert-OH is 1. The van der Waals surface area contributed by atoms with Crippen LogP contribution < -0.4 is 4.74 Å². The average Bonchev–Trinajstić information content (AvgIpc) is 2.67. The third kappa shape index (κ3) is 3.33. The molecule has 0 spiro atoms. The van der Waals surface area contributed by atoms with Crippen LogP contribution in [-0.2, 0) is 0 Å². The zero-order valence-corrected chi connectivity index (χ0v) is 12.5. The molecule has 1 N–H and O–H groups in total. The molecule has 102 valence electrons. The number of ether oxygens (including phenoxy) is 1. The van der Waals surface area contributed by atoms with Crippen LogP contribution in [0.4, 0.5) is 0 Å². The third-order valence-corrected chi connectivity index (χ3v) is 3.86. The number of thiazole rings is 1. The second kappa shape index (κ2) is 5.72. The van der Waals surface area contributed by atoms with Gasteiger partial charge in [-0.15, -0.1) is 11.3 Å². The summed E-state index contributed by atoms with van der Waals surface area (Å²) in [4.78, 5) is 5.26. The molecule has 0 amide bonds. The predicted molar refractivity (Wildman–Crippen MR) is 77.9 cm³/mol. The first-order chi connectivity index (χ1) is 8.97. The van der Waals surface area contributed by atoms with Crippen molar-refractivity contribution in [2.24, 2.45) is 0 Å². The Labute approximate surface area is 117 Å². The molecule has 3 nitrogen and oxygen atoms in total. The highest BCUT2D eigenvalue weighted by Gasteiger charge is 2.17. The van der Waals surface area contributed by atoms with Gasteiger partial charge < -0.3 is 9.84 Å². The Morgan fingerprint density at radius 2 is 2.00 bits per heavy atom. The molecule has 1 atom stereocenters. The van der Waals surface area contributed by atoms with Crippen molar-refractivity contribution < 1.29 is 9.84 Å². The van der Waals surface area contributed by atoms with Crippen molar-refractivity contribution in [2.45, 2.75) is 39.9 Å². The fourth-order valence-electron chi connectivity index (χ4n) is 1.98. The lowest BCUT2D eigenvalue weighted by atomic mass is 10.1. The van der Waals surface area contributed by atoms with Gasteiger partial charge in [-0.05, 0) is 45.4 Å². The summed E-state index contributed by atoms with van der Waals surface area (Å²) in [6.45, 7) is 7.85. The Hall–Kier alpha value is -1.39. The molecule has 1 aromatic heterocycles. The van der Waals surface area contributed by atoms with Crippen molar-refractivity contribution in [3.63, 3.8) is 0 Å². The van der Waals surface area contributed by atoms with Crippen LogP contribution in [0.3, 0.4) is 0 Å². The maximum atomic E-state index is 10.5. The lowest BCUT2D eigenvalue weighted by molar-refractivity contribution is 0.219. The van der Waals surface area contributed by atoms with E-state index in [4.69, 9.17) is 4.74 Å². The van der Waals surface area contributed by atoms with E-state index in [-0.39, 0.29) is 6.10 Å². The number of aliphatic hydroxyl groups is 1. The number of benzene rings is 1. The first kappa shape index (κ1) is 14.0. The molecule has 0 fully saturated rings. The van der Waals surface area contributed by atoms with Gasteiger partial charge in [0.25, 0.3) is 0 Å². The van der Waals surface area contributed by atoms with Gasteiger partial charge in [0, 0.05) is 0 Å². The average molecular weight is 277 g/mol. The van der Waals surface area contributed by atoms with Crippen LogP contribution in [0.15, 0.2) is 24.3 Å². The summed E-state index contributed by atoms with van der Waals surface area (Å²) in [5.74, 6) is 0.783. The number of aryl methyl sites for hydroxylation is 2. The van der Waals surface area contributed by atoms with Crippen molar-refractivity contribution in [2.75, 3.05) is 0 Å². The van der Waals surface area contributed by atoms with Gasteiger partial charge in [-0.1, -0.05) is 12.1 Å². The SMILES string of the molecule is Cc1nc(C)c(C(O)c2cccc(OC(C)C)c2)s1. The molecule has 19 heavy (non-hydrogen) atoms. The van der Waals surface area contributed by atoms with Crippen LogP contribution in [0.5, 0.6) is 5.75 Å². The third-order valence-electron chi connectivity index (χ3n) is 2.73. The van der Waals surface area contributed by atoms with Gasteiger partial charge in [-0.25, -0.2) is 4.98 Å². The van der Waals surface area contributed by atoms with Gasteiger partial charge in [0.2, 0.25) is 0 Å². The van der Waals surface area contributed by atoms with E-state index in [0.29, 0.717) is 0 Å². The highest BCUT2D eigenvalue weighted by molar-refractivity contribution is 7.11. The highest BCUT2D eigenvalue weighted by Crippen LogP contribution is 2.31. The Morgan fingerprint density at radius 1 is 1.26 bits per heavy atom. The molecule has 4 heteroatoms. The maximum absolute atomic E-state index is 10.5. The zero-order chi connectivity index (χ0) is 14.0. The van der Waals surface area contributed by atoms with E-state index >= 15 is 0 Å². The monoisotopic (exact) mass is 277 g/mol. The molecule has 0 saturated heterocycles. The number of rotatable bonds is 4. The van der Waals surface area contributed by atoms with E-state index in [1.807, 2.05) is 52.0 Å². The summed E-state index contributed by atoms with van der Waals surface area (Å²) in [6, 6.07) is 7.60. The van der Waals surface area contributed by atoms with E-state index in [9.17, 15) is 5.11 Å². The Balaban J connectivity index is 2.28. The van der Waals surface area contributed by atoms with Crippen LogP contribution in [0.25, 0.3) is 0 Å². The standard InChI is InChI=1S/C15H19NO2S/c1-9(2)18-13-7-5-6-12(8-13)14(17)15-10(3)16-11(4)19-15/h5-9,14,17H,1-4H3. The van der Waals surface area contributed by atoms with Crippen molar-refractivity contribution in [3.8, 4) is 5.75 Å². The number of hydrogen-bond donors (Lipinski definition) is 1. The lowest BCUT2D eigenvalue weighted by Gasteiger charge is -2.14. The molecule has 0 bridgehead atoms. The molecule has 1 aromatic carbocycles. The number of aromatic nitrogens is 1. The summed E-state index contributed by atoms with van der Waals surface area (Å²) in [5.41, 5.74) is 1.73. The van der Waals surface area contributed by atoms with E-state index in [0.717, 1.165) is 26.9 Å². The Bertz CT molecular complexity index is 563. The Morgan fingerprint density at radius 3 is 2.58 bits per heavy atom. The largest absolute Gasteiger partial charge is 0.491 e. The van der Waals surface area contributed by atoms with E-state index in [2.05, 4.69) is 4.98 Å². The number of nitrogens with zero attached hydrogens (tertiary/aromatic N) is 1. The smallest absolute Gasteiger partial charge is 0.120 e. The molecule has 1 heterocycles. The van der Waals surface area contributed by atoms with Gasteiger partial charge in [0.15, 0.2) is 0 Å². The van der Waals surface area contributed by atoms with Gasteiger partial charge in [-0.2, -0.15) is 0 Å². The van der Waals surface area contributed by atoms with Crippen LogP contribution in [0, 0.1) is 13.8 Å². The van der Waals surface area contributed by atoms with Crippen LogP contribution in [0.2, 0.25) is 0 Å². The number of hydrogen-bond acceptors (Lipinski definition) is 4. The summed E-state index contributed by atoms with van der Waals surface area (Å²) in [7, 11) is 0. The quantitative estimate of drug-likeness (QED) is 0.928. The summed E-state index contributed by atoms with van der Waals surface area (Å²) in [5, 5.41) is 11.4. The molecule has 0 aliphatic rings. The van der Waals surface area contributed by atoms with Gasteiger partial charge >= 0.3 is 0 Å². The molecule has 2 aromatic rings. The van der Waals surface area contributed by atoms with Crippen LogP contribution in [-0.4, -0.2) is 16.2 Å². The molecule has 0 aliphatic heterocycles. The molecule has 2 rings (SSSR count). The molecule has 0 saturated carbocycles. The van der Waals surface area contributed by atoms with Crippen molar-refractivity contribution in [1.82, 2.24) is 4.98 Å². The van der Waals surface area contributed by atoms with Crippen LogP contribution >= 0.6 is 11.3 Å². The predicted octanol–water partition coefficient (Wildman–Crippen LogP) is 3.63. The minimum atomic E-state index is -0.637. The minimum Gasteiger partial charge on any atom is -0.491 e. The molecule has 1 unspecified atom stereocenters. The first-order valence-electron chi connectivity index (χ1n) is 6.36. The molecular weight excluding hydrogens is 258 g/mol. The lowest BCUT2D eigenvalue weighted by Crippen LogP contribution is -2.06. The molecule has 0 radical (unpaired) electrons. The van der Waals surface area contributed by atoms with Crippen molar-refractivity contribution >= 4 is 11.3 Å². The van der Waals surface area contributed by atoms with E-state index in [1.54, 1.807) is 0 Å². The second-order valence-corrected chi connectivity index (χ2v) is 6.06. The maximum Gasteiger partial charge on any atom is 0.120 e. The second-order valence-electron chi connectivity index (χ2n) is 4.82. The summed E-state index contributed by atoms with van der Waals surface area (Å²) in [6.07, 6.45) is -0.512.